The van der Waals surface area contributed by atoms with Crippen molar-refractivity contribution in [1.82, 2.24) is 9.47 Å². The third-order valence-electron chi connectivity index (χ3n) is 4.87. The van der Waals surface area contributed by atoms with Gasteiger partial charge in [-0.3, -0.25) is 19.3 Å². The number of halogens is 1. The molecule has 0 unspecified atom stereocenters. The highest BCUT2D eigenvalue weighted by molar-refractivity contribution is 8.18. The zero-order valence-electron chi connectivity index (χ0n) is 16.8. The minimum Gasteiger partial charge on any atom is -0.337 e. The number of thioether (sulfide) groups is 1. The fraction of sp³-hybridized carbons (Fsp3) is 0.174. The van der Waals surface area contributed by atoms with Crippen molar-refractivity contribution in [3.63, 3.8) is 0 Å². The molecule has 31 heavy (non-hydrogen) atoms. The van der Waals surface area contributed by atoms with Gasteiger partial charge in [0, 0.05) is 39.9 Å². The number of nitrogens with zero attached hydrogens (tertiary/aromatic N) is 2. The number of carbonyl (C=O) groups is 3. The summed E-state index contributed by atoms with van der Waals surface area (Å²) in [6.07, 6.45) is 4.28. The van der Waals surface area contributed by atoms with Gasteiger partial charge < -0.3 is 9.88 Å². The summed E-state index contributed by atoms with van der Waals surface area (Å²) >= 11 is 6.84. The molecule has 158 valence electrons. The Morgan fingerprint density at radius 1 is 1.13 bits per heavy atom. The molecule has 6 nitrogen and oxygen atoms in total. The SMILES string of the molecule is CCCN1C(=O)S/C(=C/c2cn(CC(=O)Nc3ccc(Cl)cc3)c3ccccc23)C1=O. The normalized spacial score (nSPS) is 15.3. The zero-order valence-corrected chi connectivity index (χ0v) is 18.4. The molecule has 3 amide bonds. The quantitative estimate of drug-likeness (QED) is 0.508. The van der Waals surface area contributed by atoms with Crippen LogP contribution in [0.2, 0.25) is 5.02 Å². The fourth-order valence-electron chi connectivity index (χ4n) is 3.47. The molecule has 1 fully saturated rings. The Morgan fingerprint density at radius 2 is 1.87 bits per heavy atom. The Morgan fingerprint density at radius 3 is 2.61 bits per heavy atom. The van der Waals surface area contributed by atoms with E-state index in [1.165, 1.54) is 4.90 Å². The van der Waals surface area contributed by atoms with Gasteiger partial charge in [-0.1, -0.05) is 36.7 Å². The number of rotatable bonds is 6. The van der Waals surface area contributed by atoms with E-state index in [1.54, 1.807) is 30.3 Å². The summed E-state index contributed by atoms with van der Waals surface area (Å²) in [6, 6.07) is 14.6. The van der Waals surface area contributed by atoms with Crippen molar-refractivity contribution >= 4 is 63.1 Å². The van der Waals surface area contributed by atoms with E-state index >= 15 is 0 Å². The molecule has 0 saturated carbocycles. The average molecular weight is 454 g/mol. The first kappa shape index (κ1) is 21.2. The van der Waals surface area contributed by atoms with Gasteiger partial charge in [0.25, 0.3) is 11.1 Å². The molecule has 1 aliphatic heterocycles. The Labute approximate surface area is 188 Å². The molecule has 1 aromatic heterocycles. The molecular formula is C23H20ClN3O3S. The number of imide groups is 1. The average Bonchev–Trinajstić information content (AvgIpc) is 3.22. The van der Waals surface area contributed by atoms with E-state index < -0.39 is 0 Å². The van der Waals surface area contributed by atoms with Gasteiger partial charge in [0.2, 0.25) is 5.91 Å². The van der Waals surface area contributed by atoms with Gasteiger partial charge in [0.1, 0.15) is 6.54 Å². The second kappa shape index (κ2) is 8.99. The van der Waals surface area contributed by atoms with Crippen molar-refractivity contribution in [3.05, 3.63) is 70.2 Å². The number of fused-ring (bicyclic) bond motifs is 1. The van der Waals surface area contributed by atoms with Crippen LogP contribution in [0, 0.1) is 0 Å². The van der Waals surface area contributed by atoms with Crippen LogP contribution in [0.15, 0.2) is 59.6 Å². The maximum Gasteiger partial charge on any atom is 0.293 e. The van der Waals surface area contributed by atoms with Gasteiger partial charge in [0.05, 0.1) is 4.91 Å². The van der Waals surface area contributed by atoms with E-state index in [9.17, 15) is 14.4 Å². The lowest BCUT2D eigenvalue weighted by Crippen LogP contribution is -2.28. The summed E-state index contributed by atoms with van der Waals surface area (Å²) in [7, 11) is 0. The molecule has 0 spiro atoms. The summed E-state index contributed by atoms with van der Waals surface area (Å²) < 4.78 is 1.84. The minimum atomic E-state index is -0.269. The number of carbonyl (C=O) groups excluding carboxylic acids is 3. The minimum absolute atomic E-state index is 0.105. The van der Waals surface area contributed by atoms with Crippen molar-refractivity contribution in [1.29, 1.82) is 0 Å². The lowest BCUT2D eigenvalue weighted by Gasteiger charge is -2.09. The first-order valence-electron chi connectivity index (χ1n) is 9.85. The highest BCUT2D eigenvalue weighted by atomic mass is 35.5. The molecule has 2 aromatic carbocycles. The fourth-order valence-corrected chi connectivity index (χ4v) is 4.45. The maximum atomic E-state index is 12.6. The Hall–Kier alpha value is -3.03. The molecule has 0 aliphatic carbocycles. The molecule has 0 atom stereocenters. The number of hydrogen-bond acceptors (Lipinski definition) is 4. The first-order chi connectivity index (χ1) is 15.0. The third-order valence-corrected chi connectivity index (χ3v) is 6.03. The van der Waals surface area contributed by atoms with E-state index in [1.807, 2.05) is 42.0 Å². The molecule has 1 saturated heterocycles. The van der Waals surface area contributed by atoms with Gasteiger partial charge in [-0.25, -0.2) is 0 Å². The second-order valence-electron chi connectivity index (χ2n) is 7.12. The van der Waals surface area contributed by atoms with Gasteiger partial charge in [-0.2, -0.15) is 0 Å². The van der Waals surface area contributed by atoms with Gasteiger partial charge in [-0.05, 0) is 54.6 Å². The molecule has 1 N–H and O–H groups in total. The molecule has 0 radical (unpaired) electrons. The lowest BCUT2D eigenvalue weighted by atomic mass is 10.1. The topological polar surface area (TPSA) is 71.4 Å². The summed E-state index contributed by atoms with van der Waals surface area (Å²) in [5.41, 5.74) is 2.32. The standard InChI is InChI=1S/C23H20ClN3O3S/c1-2-11-27-22(29)20(31-23(27)30)12-15-13-26(19-6-4-3-5-18(15)19)14-21(28)25-17-9-7-16(24)8-10-17/h3-10,12-13H,2,11,14H2,1H3,(H,25,28)/b20-12+. The zero-order chi connectivity index (χ0) is 22.0. The van der Waals surface area contributed by atoms with Crippen LogP contribution in [0.25, 0.3) is 17.0 Å². The molecular weight excluding hydrogens is 434 g/mol. The van der Waals surface area contributed by atoms with Crippen LogP contribution in [0.1, 0.15) is 18.9 Å². The molecule has 2 heterocycles. The number of aromatic nitrogens is 1. The molecule has 1 aliphatic rings. The number of hydrogen-bond donors (Lipinski definition) is 1. The Kier molecular flexibility index (Phi) is 6.15. The summed E-state index contributed by atoms with van der Waals surface area (Å²) in [4.78, 5) is 39.0. The summed E-state index contributed by atoms with van der Waals surface area (Å²) in [6.45, 7) is 2.44. The summed E-state index contributed by atoms with van der Waals surface area (Å²) in [5.74, 6) is -0.452. The van der Waals surface area contributed by atoms with Crippen LogP contribution < -0.4 is 5.32 Å². The van der Waals surface area contributed by atoms with E-state index in [-0.39, 0.29) is 23.6 Å². The van der Waals surface area contributed by atoms with Crippen LogP contribution in [0.4, 0.5) is 10.5 Å². The van der Waals surface area contributed by atoms with E-state index in [0.29, 0.717) is 28.6 Å². The Balaban J connectivity index is 1.60. The van der Waals surface area contributed by atoms with Crippen molar-refractivity contribution in [2.75, 3.05) is 11.9 Å². The monoisotopic (exact) mass is 453 g/mol. The van der Waals surface area contributed by atoms with Crippen molar-refractivity contribution < 1.29 is 14.4 Å². The van der Waals surface area contributed by atoms with Gasteiger partial charge in [-0.15, -0.1) is 0 Å². The number of para-hydroxylation sites is 1. The van der Waals surface area contributed by atoms with Crippen LogP contribution in [-0.4, -0.2) is 33.1 Å². The van der Waals surface area contributed by atoms with E-state index in [0.717, 1.165) is 28.2 Å². The van der Waals surface area contributed by atoms with Crippen LogP contribution in [0.3, 0.4) is 0 Å². The van der Waals surface area contributed by atoms with E-state index in [2.05, 4.69) is 5.32 Å². The van der Waals surface area contributed by atoms with Crippen molar-refractivity contribution in [2.45, 2.75) is 19.9 Å². The summed E-state index contributed by atoms with van der Waals surface area (Å²) in [5, 5.41) is 4.11. The third kappa shape index (κ3) is 4.52. The predicted molar refractivity (Wildman–Crippen MR) is 125 cm³/mol. The maximum absolute atomic E-state index is 12.6. The van der Waals surface area contributed by atoms with Crippen LogP contribution in [0.5, 0.6) is 0 Å². The second-order valence-corrected chi connectivity index (χ2v) is 8.55. The molecule has 8 heteroatoms. The van der Waals surface area contributed by atoms with Gasteiger partial charge in [0.15, 0.2) is 0 Å². The van der Waals surface area contributed by atoms with Crippen LogP contribution in [-0.2, 0) is 16.1 Å². The van der Waals surface area contributed by atoms with Crippen LogP contribution >= 0.6 is 23.4 Å². The number of nitrogens with one attached hydrogen (secondary N) is 1. The molecule has 3 aromatic rings. The number of anilines is 1. The predicted octanol–water partition coefficient (Wildman–Crippen LogP) is 5.38. The smallest absolute Gasteiger partial charge is 0.293 e. The number of amides is 3. The Bertz CT molecular complexity index is 1200. The molecule has 0 bridgehead atoms. The lowest BCUT2D eigenvalue weighted by molar-refractivity contribution is -0.122. The van der Waals surface area contributed by atoms with Gasteiger partial charge >= 0.3 is 0 Å². The highest BCUT2D eigenvalue weighted by Gasteiger charge is 2.34. The van der Waals surface area contributed by atoms with E-state index in [4.69, 9.17) is 11.6 Å². The molecule has 4 rings (SSSR count). The highest BCUT2D eigenvalue weighted by Crippen LogP contribution is 2.34. The van der Waals surface area contributed by atoms with Crippen molar-refractivity contribution in [3.8, 4) is 0 Å². The number of benzene rings is 2. The van der Waals surface area contributed by atoms with Crippen molar-refractivity contribution in [2.24, 2.45) is 0 Å². The largest absolute Gasteiger partial charge is 0.337 e. The first-order valence-corrected chi connectivity index (χ1v) is 11.0.